The van der Waals surface area contributed by atoms with Crippen LogP contribution in [0.25, 0.3) is 5.69 Å². The molecular formula is C12H12Cl2N2O2S. The average Bonchev–Trinajstić information content (AvgIpc) is 2.67. The van der Waals surface area contributed by atoms with Gasteiger partial charge in [-0.1, -0.05) is 43.1 Å². The molecule has 4 nitrogen and oxygen atoms in total. The summed E-state index contributed by atoms with van der Waals surface area (Å²) in [4.78, 5) is -0.0958. The van der Waals surface area contributed by atoms with E-state index in [1.807, 2.05) is 25.1 Å². The summed E-state index contributed by atoms with van der Waals surface area (Å²) >= 11 is 6.12. The molecule has 7 heteroatoms. The average molecular weight is 319 g/mol. The minimum Gasteiger partial charge on any atom is -0.221 e. The van der Waals surface area contributed by atoms with Gasteiger partial charge in [0, 0.05) is 10.7 Å². The first kappa shape index (κ1) is 14.4. The summed E-state index contributed by atoms with van der Waals surface area (Å²) in [6.45, 7) is 1.93. The van der Waals surface area contributed by atoms with E-state index in [0.29, 0.717) is 17.8 Å². The molecule has 0 fully saturated rings. The fourth-order valence-electron chi connectivity index (χ4n) is 1.81. The van der Waals surface area contributed by atoms with Crippen LogP contribution >= 0.6 is 22.3 Å². The number of nitrogens with zero attached hydrogens (tertiary/aromatic N) is 2. The van der Waals surface area contributed by atoms with E-state index in [1.165, 1.54) is 4.68 Å². The molecule has 0 aliphatic carbocycles. The standard InChI is InChI=1S/C12H12Cl2N2O2S/c1-2-6-10-11(19(14,17)18)12(13)16(15-10)9-7-4-3-5-8-9/h3-5,7-8H,2,6H2,1H3. The Hall–Kier alpha value is -1.04. The number of halogens is 2. The molecule has 0 unspecified atom stereocenters. The van der Waals surface area contributed by atoms with Gasteiger partial charge in [0.1, 0.15) is 4.90 Å². The van der Waals surface area contributed by atoms with E-state index in [2.05, 4.69) is 5.10 Å². The van der Waals surface area contributed by atoms with Crippen LogP contribution in [0.4, 0.5) is 0 Å². The number of para-hydroxylation sites is 1. The molecule has 102 valence electrons. The van der Waals surface area contributed by atoms with Crippen molar-refractivity contribution in [1.29, 1.82) is 0 Å². The second-order valence-corrected chi connectivity index (χ2v) is 6.86. The SMILES string of the molecule is CCCc1nn(-c2ccccc2)c(Cl)c1S(=O)(=O)Cl. The van der Waals surface area contributed by atoms with Crippen LogP contribution in [-0.4, -0.2) is 18.2 Å². The summed E-state index contributed by atoms with van der Waals surface area (Å²) in [6.07, 6.45) is 1.25. The molecule has 0 saturated heterocycles. The number of benzene rings is 1. The van der Waals surface area contributed by atoms with Crippen molar-refractivity contribution in [3.8, 4) is 5.69 Å². The minimum atomic E-state index is -3.92. The molecule has 0 amide bonds. The quantitative estimate of drug-likeness (QED) is 0.812. The molecule has 0 spiro atoms. The minimum absolute atomic E-state index is 0.0182. The molecular weight excluding hydrogens is 307 g/mol. The predicted molar refractivity (Wildman–Crippen MR) is 75.6 cm³/mol. The smallest absolute Gasteiger partial charge is 0.221 e. The third kappa shape index (κ3) is 2.94. The molecule has 0 saturated carbocycles. The normalized spacial score (nSPS) is 11.7. The molecule has 0 bridgehead atoms. The van der Waals surface area contributed by atoms with Crippen molar-refractivity contribution in [1.82, 2.24) is 9.78 Å². The monoisotopic (exact) mass is 318 g/mol. The van der Waals surface area contributed by atoms with Gasteiger partial charge < -0.3 is 0 Å². The van der Waals surface area contributed by atoms with Crippen LogP contribution < -0.4 is 0 Å². The predicted octanol–water partition coefficient (Wildman–Crippen LogP) is 3.41. The third-order valence-corrected chi connectivity index (χ3v) is 4.43. The Kier molecular flexibility index (Phi) is 4.18. The van der Waals surface area contributed by atoms with Gasteiger partial charge in [-0.05, 0) is 18.6 Å². The lowest BCUT2D eigenvalue weighted by Gasteiger charge is -2.01. The van der Waals surface area contributed by atoms with E-state index in [0.717, 1.165) is 6.42 Å². The zero-order valence-corrected chi connectivity index (χ0v) is 12.5. The Morgan fingerprint density at radius 2 is 1.89 bits per heavy atom. The van der Waals surface area contributed by atoms with E-state index >= 15 is 0 Å². The van der Waals surface area contributed by atoms with E-state index < -0.39 is 9.05 Å². The molecule has 0 aliphatic rings. The summed E-state index contributed by atoms with van der Waals surface area (Å²) in [5.74, 6) is 0. The Morgan fingerprint density at radius 1 is 1.26 bits per heavy atom. The van der Waals surface area contributed by atoms with Crippen LogP contribution in [0.3, 0.4) is 0 Å². The second kappa shape index (κ2) is 5.53. The van der Waals surface area contributed by atoms with Gasteiger partial charge in [0.25, 0.3) is 9.05 Å². The Bertz CT molecular complexity index is 681. The third-order valence-electron chi connectivity index (χ3n) is 2.59. The number of hydrogen-bond acceptors (Lipinski definition) is 3. The van der Waals surface area contributed by atoms with Crippen molar-refractivity contribution < 1.29 is 8.42 Å². The highest BCUT2D eigenvalue weighted by atomic mass is 35.7. The van der Waals surface area contributed by atoms with Gasteiger partial charge in [0.2, 0.25) is 0 Å². The van der Waals surface area contributed by atoms with E-state index in [4.69, 9.17) is 22.3 Å². The molecule has 19 heavy (non-hydrogen) atoms. The van der Waals surface area contributed by atoms with Crippen LogP contribution in [0.15, 0.2) is 35.2 Å². The maximum absolute atomic E-state index is 11.6. The maximum Gasteiger partial charge on any atom is 0.266 e. The molecule has 2 rings (SSSR count). The molecule has 0 radical (unpaired) electrons. The van der Waals surface area contributed by atoms with Gasteiger partial charge in [0.05, 0.1) is 11.4 Å². The molecule has 1 aromatic heterocycles. The fourth-order valence-corrected chi connectivity index (χ4v) is 3.67. The highest BCUT2D eigenvalue weighted by Gasteiger charge is 2.26. The van der Waals surface area contributed by atoms with Crippen LogP contribution in [0, 0.1) is 0 Å². The molecule has 1 heterocycles. The lowest BCUT2D eigenvalue weighted by molar-refractivity contribution is 0.608. The first-order valence-electron chi connectivity index (χ1n) is 5.72. The van der Waals surface area contributed by atoms with Gasteiger partial charge in [-0.3, -0.25) is 0 Å². The van der Waals surface area contributed by atoms with Crippen LogP contribution in [0.1, 0.15) is 19.0 Å². The largest absolute Gasteiger partial charge is 0.266 e. The molecule has 0 atom stereocenters. The van der Waals surface area contributed by atoms with Crippen molar-refractivity contribution in [3.63, 3.8) is 0 Å². The van der Waals surface area contributed by atoms with E-state index in [9.17, 15) is 8.42 Å². The highest BCUT2D eigenvalue weighted by molar-refractivity contribution is 8.13. The molecule has 0 N–H and O–H groups in total. The van der Waals surface area contributed by atoms with Crippen LogP contribution in [0.5, 0.6) is 0 Å². The van der Waals surface area contributed by atoms with Crippen LogP contribution in [-0.2, 0) is 15.5 Å². The number of aryl methyl sites for hydroxylation is 1. The number of rotatable bonds is 4. The van der Waals surface area contributed by atoms with Crippen molar-refractivity contribution in [3.05, 3.63) is 41.2 Å². The van der Waals surface area contributed by atoms with Gasteiger partial charge in [0.15, 0.2) is 5.15 Å². The number of hydrogen-bond donors (Lipinski definition) is 0. The lowest BCUT2D eigenvalue weighted by Crippen LogP contribution is -1.96. The van der Waals surface area contributed by atoms with Crippen LogP contribution in [0.2, 0.25) is 5.15 Å². The Morgan fingerprint density at radius 3 is 2.42 bits per heavy atom. The van der Waals surface area contributed by atoms with Gasteiger partial charge >= 0.3 is 0 Å². The Labute approximate surface area is 121 Å². The summed E-state index contributed by atoms with van der Waals surface area (Å²) in [5, 5.41) is 4.28. The summed E-state index contributed by atoms with van der Waals surface area (Å²) in [6, 6.07) is 9.08. The van der Waals surface area contributed by atoms with Gasteiger partial charge in [-0.2, -0.15) is 5.10 Å². The van der Waals surface area contributed by atoms with Gasteiger partial charge in [-0.25, -0.2) is 13.1 Å². The Balaban J connectivity index is 2.66. The lowest BCUT2D eigenvalue weighted by atomic mass is 10.2. The first-order chi connectivity index (χ1) is 8.95. The zero-order valence-electron chi connectivity index (χ0n) is 10.2. The molecule has 0 aliphatic heterocycles. The summed E-state index contributed by atoms with van der Waals surface area (Å²) < 4.78 is 24.6. The fraction of sp³-hybridized carbons (Fsp3) is 0.250. The van der Waals surface area contributed by atoms with E-state index in [1.54, 1.807) is 12.1 Å². The van der Waals surface area contributed by atoms with E-state index in [-0.39, 0.29) is 10.0 Å². The highest BCUT2D eigenvalue weighted by Crippen LogP contribution is 2.31. The molecule has 1 aromatic carbocycles. The van der Waals surface area contributed by atoms with Crippen molar-refractivity contribution in [2.45, 2.75) is 24.7 Å². The maximum atomic E-state index is 11.6. The topological polar surface area (TPSA) is 52.0 Å². The number of aromatic nitrogens is 2. The second-order valence-electron chi connectivity index (χ2n) is 4.00. The van der Waals surface area contributed by atoms with Crippen molar-refractivity contribution >= 4 is 31.3 Å². The van der Waals surface area contributed by atoms with Gasteiger partial charge in [-0.15, -0.1) is 0 Å². The summed E-state index contributed by atoms with van der Waals surface area (Å²) in [7, 11) is 1.52. The summed E-state index contributed by atoms with van der Waals surface area (Å²) in [5.41, 5.74) is 1.09. The zero-order chi connectivity index (χ0) is 14.0. The van der Waals surface area contributed by atoms with Crippen molar-refractivity contribution in [2.75, 3.05) is 0 Å². The molecule has 2 aromatic rings. The van der Waals surface area contributed by atoms with Crippen molar-refractivity contribution in [2.24, 2.45) is 0 Å². The first-order valence-corrected chi connectivity index (χ1v) is 8.41.